The number of halogens is 1. The standard InChI is InChI=1S/C16H16BrN3O/c1-2-13-8-11(5-6-18-13)16(21)20-14-4-3-10-7-12(17)9-19-15(10)14/h5-9,14H,2-4H2,1H3,(H,20,21). The molecule has 2 aromatic rings. The van der Waals surface area contributed by atoms with Crippen LogP contribution in [0.25, 0.3) is 0 Å². The predicted molar refractivity (Wildman–Crippen MR) is 84.1 cm³/mol. The third kappa shape index (κ3) is 2.97. The van der Waals surface area contributed by atoms with Crippen molar-refractivity contribution in [2.24, 2.45) is 0 Å². The van der Waals surface area contributed by atoms with E-state index in [0.717, 1.165) is 35.1 Å². The summed E-state index contributed by atoms with van der Waals surface area (Å²) >= 11 is 3.43. The molecule has 0 bridgehead atoms. The van der Waals surface area contributed by atoms with Crippen LogP contribution in [0.3, 0.4) is 0 Å². The normalized spacial score (nSPS) is 16.6. The summed E-state index contributed by atoms with van der Waals surface area (Å²) in [4.78, 5) is 21.0. The molecule has 0 aromatic carbocycles. The van der Waals surface area contributed by atoms with Gasteiger partial charge in [0, 0.05) is 28.1 Å². The van der Waals surface area contributed by atoms with Crippen molar-refractivity contribution in [3.8, 4) is 0 Å². The maximum atomic E-state index is 12.4. The smallest absolute Gasteiger partial charge is 0.251 e. The van der Waals surface area contributed by atoms with Gasteiger partial charge in [-0.25, -0.2) is 0 Å². The molecule has 21 heavy (non-hydrogen) atoms. The number of aromatic nitrogens is 2. The van der Waals surface area contributed by atoms with Gasteiger partial charge in [0.05, 0.1) is 11.7 Å². The molecule has 0 aliphatic heterocycles. The molecule has 108 valence electrons. The molecule has 2 aromatic heterocycles. The molecule has 0 saturated carbocycles. The van der Waals surface area contributed by atoms with Gasteiger partial charge in [0.25, 0.3) is 5.91 Å². The molecule has 2 heterocycles. The summed E-state index contributed by atoms with van der Waals surface area (Å²) in [5.41, 5.74) is 3.78. The first-order chi connectivity index (χ1) is 10.2. The number of pyridine rings is 2. The fraction of sp³-hybridized carbons (Fsp3) is 0.312. The lowest BCUT2D eigenvalue weighted by Crippen LogP contribution is -2.27. The van der Waals surface area contributed by atoms with Crippen LogP contribution in [0.15, 0.2) is 35.1 Å². The Morgan fingerprint density at radius 3 is 3.10 bits per heavy atom. The highest BCUT2D eigenvalue weighted by molar-refractivity contribution is 9.10. The topological polar surface area (TPSA) is 54.9 Å². The monoisotopic (exact) mass is 345 g/mol. The van der Waals surface area contributed by atoms with E-state index < -0.39 is 0 Å². The van der Waals surface area contributed by atoms with Crippen molar-refractivity contribution in [1.29, 1.82) is 0 Å². The minimum Gasteiger partial charge on any atom is -0.344 e. The minimum atomic E-state index is -0.0605. The number of aryl methyl sites for hydroxylation is 2. The molecule has 0 radical (unpaired) electrons. The Labute approximate surface area is 132 Å². The molecule has 3 rings (SSSR count). The third-order valence-electron chi connectivity index (χ3n) is 3.75. The number of carbonyl (C=O) groups excluding carboxylic acids is 1. The van der Waals surface area contributed by atoms with Gasteiger partial charge in [0.15, 0.2) is 0 Å². The van der Waals surface area contributed by atoms with Crippen molar-refractivity contribution in [3.05, 3.63) is 57.6 Å². The first-order valence-corrected chi connectivity index (χ1v) is 7.86. The highest BCUT2D eigenvalue weighted by Gasteiger charge is 2.25. The summed E-state index contributed by atoms with van der Waals surface area (Å²) < 4.78 is 0.981. The van der Waals surface area contributed by atoms with Crippen molar-refractivity contribution in [2.45, 2.75) is 32.2 Å². The number of amides is 1. The van der Waals surface area contributed by atoms with Gasteiger partial charge in [-0.3, -0.25) is 14.8 Å². The van der Waals surface area contributed by atoms with Crippen LogP contribution >= 0.6 is 15.9 Å². The summed E-state index contributed by atoms with van der Waals surface area (Å²) in [6, 6.07) is 5.68. The second-order valence-electron chi connectivity index (χ2n) is 5.15. The highest BCUT2D eigenvalue weighted by atomic mass is 79.9. The van der Waals surface area contributed by atoms with E-state index in [1.807, 2.05) is 13.0 Å². The largest absolute Gasteiger partial charge is 0.344 e. The van der Waals surface area contributed by atoms with Crippen LogP contribution in [-0.4, -0.2) is 15.9 Å². The SMILES string of the molecule is CCc1cc(C(=O)NC2CCc3cc(Br)cnc32)ccn1. The molecule has 0 spiro atoms. The maximum absolute atomic E-state index is 12.4. The number of carbonyl (C=O) groups is 1. The van der Waals surface area contributed by atoms with E-state index in [1.165, 1.54) is 5.56 Å². The Hall–Kier alpha value is -1.75. The van der Waals surface area contributed by atoms with Crippen LogP contribution in [0, 0.1) is 0 Å². The molecular formula is C16H16BrN3O. The van der Waals surface area contributed by atoms with Gasteiger partial charge >= 0.3 is 0 Å². The highest BCUT2D eigenvalue weighted by Crippen LogP contribution is 2.31. The fourth-order valence-corrected chi connectivity index (χ4v) is 3.02. The van der Waals surface area contributed by atoms with Crippen LogP contribution in [0.1, 0.15) is 46.7 Å². The summed E-state index contributed by atoms with van der Waals surface area (Å²) in [5, 5.41) is 3.08. The predicted octanol–water partition coefficient (Wildman–Crippen LogP) is 3.22. The van der Waals surface area contributed by atoms with E-state index in [9.17, 15) is 4.79 Å². The molecule has 1 N–H and O–H groups in total. The Bertz CT molecular complexity index is 687. The van der Waals surface area contributed by atoms with E-state index in [0.29, 0.717) is 5.56 Å². The van der Waals surface area contributed by atoms with Crippen LogP contribution in [0.4, 0.5) is 0 Å². The van der Waals surface area contributed by atoms with Crippen LogP contribution < -0.4 is 5.32 Å². The van der Waals surface area contributed by atoms with Gasteiger partial charge in [-0.1, -0.05) is 6.92 Å². The van der Waals surface area contributed by atoms with E-state index >= 15 is 0 Å². The van der Waals surface area contributed by atoms with E-state index in [2.05, 4.69) is 37.3 Å². The first-order valence-electron chi connectivity index (χ1n) is 7.07. The molecule has 1 unspecified atom stereocenters. The quantitative estimate of drug-likeness (QED) is 0.929. The average Bonchev–Trinajstić information content (AvgIpc) is 2.89. The second-order valence-corrected chi connectivity index (χ2v) is 6.07. The molecule has 0 fully saturated rings. The summed E-state index contributed by atoms with van der Waals surface area (Å²) in [6.45, 7) is 2.03. The summed E-state index contributed by atoms with van der Waals surface area (Å²) in [5.74, 6) is -0.0605. The second kappa shape index (κ2) is 5.93. The molecule has 1 aliphatic rings. The Morgan fingerprint density at radius 1 is 1.43 bits per heavy atom. The van der Waals surface area contributed by atoms with Gasteiger partial charge in [-0.05, 0) is 59.0 Å². The average molecular weight is 346 g/mol. The fourth-order valence-electron chi connectivity index (χ4n) is 2.64. The minimum absolute atomic E-state index is 0.00107. The molecule has 0 saturated heterocycles. The van der Waals surface area contributed by atoms with Gasteiger partial charge in [0.1, 0.15) is 0 Å². The van der Waals surface area contributed by atoms with Crippen molar-refractivity contribution in [3.63, 3.8) is 0 Å². The van der Waals surface area contributed by atoms with E-state index in [1.54, 1.807) is 18.5 Å². The molecule has 1 atom stereocenters. The van der Waals surface area contributed by atoms with Gasteiger partial charge in [-0.2, -0.15) is 0 Å². The Balaban J connectivity index is 1.77. The number of nitrogens with one attached hydrogen (secondary N) is 1. The van der Waals surface area contributed by atoms with Crippen LogP contribution in [0.5, 0.6) is 0 Å². The summed E-state index contributed by atoms with van der Waals surface area (Å²) in [7, 11) is 0. The zero-order valence-corrected chi connectivity index (χ0v) is 13.4. The number of fused-ring (bicyclic) bond motifs is 1. The van der Waals surface area contributed by atoms with Crippen molar-refractivity contribution in [2.75, 3.05) is 0 Å². The van der Waals surface area contributed by atoms with Crippen LogP contribution in [-0.2, 0) is 12.8 Å². The molecule has 4 nitrogen and oxygen atoms in total. The van der Waals surface area contributed by atoms with E-state index in [-0.39, 0.29) is 11.9 Å². The maximum Gasteiger partial charge on any atom is 0.251 e. The lowest BCUT2D eigenvalue weighted by atomic mass is 10.1. The molecule has 1 aliphatic carbocycles. The molecule has 1 amide bonds. The third-order valence-corrected chi connectivity index (χ3v) is 4.18. The van der Waals surface area contributed by atoms with Gasteiger partial charge in [-0.15, -0.1) is 0 Å². The Morgan fingerprint density at radius 2 is 2.29 bits per heavy atom. The number of rotatable bonds is 3. The first kappa shape index (κ1) is 14.2. The number of hydrogen-bond acceptors (Lipinski definition) is 3. The van der Waals surface area contributed by atoms with Gasteiger partial charge < -0.3 is 5.32 Å². The van der Waals surface area contributed by atoms with Crippen LogP contribution in [0.2, 0.25) is 0 Å². The lowest BCUT2D eigenvalue weighted by Gasteiger charge is -2.13. The summed E-state index contributed by atoms with van der Waals surface area (Å²) in [6.07, 6.45) is 6.14. The molecular weight excluding hydrogens is 330 g/mol. The number of hydrogen-bond donors (Lipinski definition) is 1. The zero-order chi connectivity index (χ0) is 14.8. The number of nitrogens with zero attached hydrogens (tertiary/aromatic N) is 2. The Kier molecular flexibility index (Phi) is 4.01. The lowest BCUT2D eigenvalue weighted by molar-refractivity contribution is 0.0935. The molecule has 5 heteroatoms. The van der Waals surface area contributed by atoms with Crippen molar-refractivity contribution >= 4 is 21.8 Å². The van der Waals surface area contributed by atoms with Gasteiger partial charge in [0.2, 0.25) is 0 Å². The zero-order valence-electron chi connectivity index (χ0n) is 11.8. The van der Waals surface area contributed by atoms with Crippen molar-refractivity contribution < 1.29 is 4.79 Å². The van der Waals surface area contributed by atoms with Crippen molar-refractivity contribution in [1.82, 2.24) is 15.3 Å². The van der Waals surface area contributed by atoms with E-state index in [4.69, 9.17) is 0 Å².